The van der Waals surface area contributed by atoms with E-state index in [-0.39, 0.29) is 10.9 Å². The van der Waals surface area contributed by atoms with Crippen LogP contribution >= 0.6 is 15.9 Å². The van der Waals surface area contributed by atoms with Crippen molar-refractivity contribution in [2.75, 3.05) is 25.1 Å². The Morgan fingerprint density at radius 3 is 2.56 bits per heavy atom. The number of methoxy groups -OCH3 is 1. The summed E-state index contributed by atoms with van der Waals surface area (Å²) in [7, 11) is -2.20. The third-order valence-electron chi connectivity index (χ3n) is 6.34. The summed E-state index contributed by atoms with van der Waals surface area (Å²) in [5.74, 6) is 0.698. The number of hydrogen-bond donors (Lipinski definition) is 0. The number of pyridine rings is 1. The van der Waals surface area contributed by atoms with E-state index in [0.717, 1.165) is 27.7 Å². The number of urea groups is 1. The number of aryl methyl sites for hydroxylation is 1. The third-order valence-corrected chi connectivity index (χ3v) is 8.64. The lowest BCUT2D eigenvalue weighted by Crippen LogP contribution is -2.49. The van der Waals surface area contributed by atoms with Gasteiger partial charge in [0.05, 0.1) is 16.5 Å². The molecule has 0 saturated carbocycles. The molecule has 8 nitrogen and oxygen atoms in total. The molecule has 0 atom stereocenters. The second kappa shape index (κ2) is 9.59. The molecule has 2 amide bonds. The van der Waals surface area contributed by atoms with E-state index in [2.05, 4.69) is 20.9 Å². The molecule has 2 aromatic heterocycles. The summed E-state index contributed by atoms with van der Waals surface area (Å²) in [5.41, 5.74) is 2.94. The molecule has 0 unspecified atom stereocenters. The van der Waals surface area contributed by atoms with Gasteiger partial charge in [-0.3, -0.25) is 4.90 Å². The van der Waals surface area contributed by atoms with E-state index in [1.54, 1.807) is 53.4 Å². The van der Waals surface area contributed by atoms with E-state index in [1.165, 1.54) is 10.2 Å². The van der Waals surface area contributed by atoms with Crippen LogP contribution in [-0.4, -0.2) is 48.5 Å². The summed E-state index contributed by atoms with van der Waals surface area (Å²) in [6.07, 6.45) is 3.92. The minimum absolute atomic E-state index is 0.102. The molecule has 2 aromatic carbocycles. The van der Waals surface area contributed by atoms with Crippen LogP contribution in [0.5, 0.6) is 5.75 Å². The van der Waals surface area contributed by atoms with Crippen LogP contribution in [0, 0.1) is 6.92 Å². The molecule has 186 valence electrons. The Morgan fingerprint density at radius 1 is 1.06 bits per heavy atom. The van der Waals surface area contributed by atoms with Gasteiger partial charge < -0.3 is 9.64 Å². The topological polar surface area (TPSA) is 84.7 Å². The van der Waals surface area contributed by atoms with Gasteiger partial charge >= 0.3 is 6.03 Å². The van der Waals surface area contributed by atoms with Crippen LogP contribution in [0.4, 0.5) is 10.5 Å². The monoisotopic (exact) mass is 568 g/mol. The number of amides is 2. The second-order valence-electron chi connectivity index (χ2n) is 8.67. The van der Waals surface area contributed by atoms with E-state index < -0.39 is 10.0 Å². The first-order valence-electron chi connectivity index (χ1n) is 11.5. The van der Waals surface area contributed by atoms with Gasteiger partial charge in [-0.15, -0.1) is 0 Å². The number of carbonyl (C=O) groups excluding carboxylic acids is 1. The smallest absolute Gasteiger partial charge is 0.324 e. The maximum Gasteiger partial charge on any atom is 0.324 e. The Kier molecular flexibility index (Phi) is 6.48. The zero-order chi connectivity index (χ0) is 25.4. The van der Waals surface area contributed by atoms with E-state index in [1.807, 2.05) is 31.2 Å². The van der Waals surface area contributed by atoms with Crippen LogP contribution in [-0.2, 0) is 16.6 Å². The molecule has 1 fully saturated rings. The molecule has 0 spiro atoms. The third kappa shape index (κ3) is 4.35. The molecule has 0 aliphatic carbocycles. The zero-order valence-electron chi connectivity index (χ0n) is 19.9. The van der Waals surface area contributed by atoms with E-state index in [4.69, 9.17) is 4.74 Å². The predicted molar refractivity (Wildman–Crippen MR) is 142 cm³/mol. The second-order valence-corrected chi connectivity index (χ2v) is 11.3. The highest BCUT2D eigenvalue weighted by atomic mass is 79.9. The highest BCUT2D eigenvalue weighted by Crippen LogP contribution is 2.32. The number of fused-ring (bicyclic) bond motifs is 1. The number of carbonyl (C=O) groups is 1. The highest BCUT2D eigenvalue weighted by molar-refractivity contribution is 9.10. The van der Waals surface area contributed by atoms with Crippen molar-refractivity contribution in [2.24, 2.45) is 0 Å². The minimum Gasteiger partial charge on any atom is -0.496 e. The van der Waals surface area contributed by atoms with Crippen molar-refractivity contribution in [3.05, 3.63) is 82.6 Å². The largest absolute Gasteiger partial charge is 0.496 e. The number of ether oxygens (including phenoxy) is 1. The van der Waals surface area contributed by atoms with Crippen LogP contribution in [0.1, 0.15) is 17.5 Å². The maximum atomic E-state index is 13.4. The number of aromatic nitrogens is 2. The van der Waals surface area contributed by atoms with Gasteiger partial charge in [-0.05, 0) is 77.3 Å². The molecule has 10 heteroatoms. The molecule has 36 heavy (non-hydrogen) atoms. The van der Waals surface area contributed by atoms with Gasteiger partial charge in [-0.1, -0.05) is 17.7 Å². The molecule has 3 heterocycles. The van der Waals surface area contributed by atoms with Crippen LogP contribution in [0.3, 0.4) is 0 Å². The molecule has 1 aliphatic heterocycles. The summed E-state index contributed by atoms with van der Waals surface area (Å²) in [5, 5.41) is 0.699. The Balaban J connectivity index is 1.44. The van der Waals surface area contributed by atoms with Gasteiger partial charge in [0.1, 0.15) is 5.75 Å². The van der Waals surface area contributed by atoms with Crippen LogP contribution < -0.4 is 9.64 Å². The van der Waals surface area contributed by atoms with E-state index in [0.29, 0.717) is 36.4 Å². The lowest BCUT2D eigenvalue weighted by atomic mass is 10.1. The molecule has 0 N–H and O–H groups in total. The summed E-state index contributed by atoms with van der Waals surface area (Å²) in [6.45, 7) is 3.48. The van der Waals surface area contributed by atoms with Gasteiger partial charge in [0.15, 0.2) is 5.65 Å². The number of hydrogen-bond acceptors (Lipinski definition) is 5. The molecular formula is C26H25BrN4O4S. The van der Waals surface area contributed by atoms with Crippen molar-refractivity contribution in [3.8, 4) is 5.75 Å². The fourth-order valence-electron chi connectivity index (χ4n) is 4.42. The number of benzene rings is 2. The van der Waals surface area contributed by atoms with Crippen molar-refractivity contribution in [1.29, 1.82) is 0 Å². The summed E-state index contributed by atoms with van der Waals surface area (Å²) in [4.78, 5) is 21.5. The van der Waals surface area contributed by atoms with E-state index >= 15 is 0 Å². The first-order valence-corrected chi connectivity index (χ1v) is 13.7. The Bertz CT molecular complexity index is 1550. The lowest BCUT2D eigenvalue weighted by molar-refractivity contribution is 0.192. The first kappa shape index (κ1) is 24.3. The maximum absolute atomic E-state index is 13.4. The molecule has 0 radical (unpaired) electrons. The number of halogens is 1. The zero-order valence-corrected chi connectivity index (χ0v) is 22.3. The Hall–Kier alpha value is -3.37. The van der Waals surface area contributed by atoms with Gasteiger partial charge in [-0.25, -0.2) is 22.2 Å². The van der Waals surface area contributed by atoms with E-state index in [9.17, 15) is 13.2 Å². The molecule has 1 aliphatic rings. The van der Waals surface area contributed by atoms with Crippen LogP contribution in [0.2, 0.25) is 0 Å². The van der Waals surface area contributed by atoms with Crippen molar-refractivity contribution in [3.63, 3.8) is 0 Å². The normalized spacial score (nSPS) is 14.5. The lowest BCUT2D eigenvalue weighted by Gasteiger charge is -2.36. The highest BCUT2D eigenvalue weighted by Gasteiger charge is 2.28. The first-order chi connectivity index (χ1) is 17.3. The predicted octanol–water partition coefficient (Wildman–Crippen LogP) is 5.19. The van der Waals surface area contributed by atoms with Crippen molar-refractivity contribution in [2.45, 2.75) is 24.8 Å². The minimum atomic E-state index is -3.80. The molecule has 1 saturated heterocycles. The average molecular weight is 569 g/mol. The van der Waals surface area contributed by atoms with Crippen molar-refractivity contribution < 1.29 is 17.9 Å². The summed E-state index contributed by atoms with van der Waals surface area (Å²) < 4.78 is 33.9. The Labute approximate surface area is 218 Å². The Morgan fingerprint density at radius 2 is 1.83 bits per heavy atom. The summed E-state index contributed by atoms with van der Waals surface area (Å²) in [6, 6.07) is 15.8. The fraction of sp³-hybridized carbons (Fsp3) is 0.231. The molecule has 4 aromatic rings. The average Bonchev–Trinajstić information content (AvgIpc) is 3.32. The molecule has 0 bridgehead atoms. The standard InChI is InChI=1S/C26H25BrN4O4S/c1-18-4-7-21(8-5-18)36(33,34)31-15-11-22-19(10-12-28-25(22)31)17-29-13-3-14-30(26(29)32)20-6-9-24(35-2)23(27)16-20/h4-12,15-16H,3,13-14,17H2,1-2H3. The SMILES string of the molecule is COc1ccc(N2CCCN(Cc3ccnc4c3ccn4S(=O)(=O)c3ccc(C)cc3)C2=O)cc1Br. The number of rotatable bonds is 6. The number of anilines is 1. The van der Waals surface area contributed by atoms with Crippen molar-refractivity contribution >= 4 is 48.7 Å². The quantitative estimate of drug-likeness (QED) is 0.319. The van der Waals surface area contributed by atoms with Gasteiger partial charge in [0.25, 0.3) is 10.0 Å². The fourth-order valence-corrected chi connectivity index (χ4v) is 6.25. The molecule has 5 rings (SSSR count). The van der Waals surface area contributed by atoms with Crippen molar-refractivity contribution in [1.82, 2.24) is 13.9 Å². The molecular weight excluding hydrogens is 544 g/mol. The summed E-state index contributed by atoms with van der Waals surface area (Å²) >= 11 is 3.49. The van der Waals surface area contributed by atoms with Gasteiger partial charge in [0.2, 0.25) is 0 Å². The van der Waals surface area contributed by atoms with Crippen LogP contribution in [0.15, 0.2) is 76.4 Å². The van der Waals surface area contributed by atoms with Crippen LogP contribution in [0.25, 0.3) is 11.0 Å². The number of nitrogens with zero attached hydrogens (tertiary/aromatic N) is 4. The van der Waals surface area contributed by atoms with Gasteiger partial charge in [0, 0.05) is 43.1 Å². The van der Waals surface area contributed by atoms with Gasteiger partial charge in [-0.2, -0.15) is 0 Å².